The van der Waals surface area contributed by atoms with Crippen LogP contribution < -0.4 is 0 Å². The third-order valence-electron chi connectivity index (χ3n) is 5.54. The van der Waals surface area contributed by atoms with Gasteiger partial charge in [-0.05, 0) is 43.2 Å². The van der Waals surface area contributed by atoms with Gasteiger partial charge in [0, 0.05) is 24.7 Å². The Morgan fingerprint density at radius 3 is 2.52 bits per heavy atom. The van der Waals surface area contributed by atoms with E-state index in [-0.39, 0.29) is 29.5 Å². The summed E-state index contributed by atoms with van der Waals surface area (Å²) in [6, 6.07) is 11.6. The maximum absolute atomic E-state index is 13.3. The lowest BCUT2D eigenvalue weighted by Crippen LogP contribution is -2.43. The fourth-order valence-corrected chi connectivity index (χ4v) is 5.47. The van der Waals surface area contributed by atoms with E-state index in [0.717, 1.165) is 12.1 Å². The fourth-order valence-electron chi connectivity index (χ4n) is 3.95. The summed E-state index contributed by atoms with van der Waals surface area (Å²) in [6.45, 7) is 0.294. The van der Waals surface area contributed by atoms with Crippen molar-refractivity contribution in [3.63, 3.8) is 0 Å². The van der Waals surface area contributed by atoms with E-state index in [0.29, 0.717) is 23.7 Å². The summed E-state index contributed by atoms with van der Waals surface area (Å²) in [6.07, 6.45) is 2.49. The molecule has 2 aromatic carbocycles. The zero-order valence-corrected chi connectivity index (χ0v) is 17.6. The highest BCUT2D eigenvalue weighted by Crippen LogP contribution is 2.28. The normalized spacial score (nSPS) is 17.5. The number of methoxy groups -OCH3 is 1. The van der Waals surface area contributed by atoms with E-state index in [1.807, 2.05) is 0 Å². The second kappa shape index (κ2) is 8.24. The molecule has 2 heterocycles. The molecule has 0 aliphatic carbocycles. The van der Waals surface area contributed by atoms with E-state index in [1.165, 1.54) is 34.3 Å². The number of nitrogens with zero attached hydrogens (tertiary/aromatic N) is 2. The largest absolute Gasteiger partial charge is 0.465 e. The Hall–Kier alpha value is -3.04. The number of rotatable bonds is 4. The Morgan fingerprint density at radius 2 is 1.81 bits per heavy atom. The Balaban J connectivity index is 1.64. The number of fused-ring (bicyclic) bond motifs is 1. The van der Waals surface area contributed by atoms with Crippen LogP contribution in [0.25, 0.3) is 10.9 Å². The van der Waals surface area contributed by atoms with E-state index in [1.54, 1.807) is 24.3 Å². The lowest BCUT2D eigenvalue weighted by atomic mass is 9.98. The molecule has 3 aromatic rings. The lowest BCUT2D eigenvalue weighted by molar-refractivity contribution is 0.0603. The second-order valence-electron chi connectivity index (χ2n) is 7.42. The van der Waals surface area contributed by atoms with Crippen LogP contribution in [-0.4, -0.2) is 49.4 Å². The number of carbonyl (C=O) groups is 2. The summed E-state index contributed by atoms with van der Waals surface area (Å²) in [7, 11) is -2.58. The molecular weight excluding hydrogens is 423 g/mol. The molecule has 162 valence electrons. The molecule has 0 spiro atoms. The number of hydrogen-bond acceptors (Lipinski definition) is 5. The maximum atomic E-state index is 13.3. The van der Waals surface area contributed by atoms with Crippen molar-refractivity contribution in [3.8, 4) is 0 Å². The molecule has 1 saturated heterocycles. The topological polar surface area (TPSA) is 85.7 Å². The van der Waals surface area contributed by atoms with Crippen LogP contribution in [0.4, 0.5) is 4.39 Å². The van der Waals surface area contributed by atoms with E-state index >= 15 is 0 Å². The molecule has 0 amide bonds. The highest BCUT2D eigenvalue weighted by molar-refractivity contribution is 7.89. The molecule has 1 atom stereocenters. The summed E-state index contributed by atoms with van der Waals surface area (Å²) < 4.78 is 46.6. The standard InChI is InChI=1S/C22H21FN2O5S/c1-30-22(27)19-14-25(20-7-3-2-6-18(19)20)21(26)15-5-4-12-24(13-15)31(28,29)17-10-8-16(23)9-11-17/h2-3,6-11,14-15H,4-5,12-13H2,1H3/t15-/m0/s1. The van der Waals surface area contributed by atoms with Crippen molar-refractivity contribution in [1.82, 2.24) is 8.87 Å². The average molecular weight is 444 g/mol. The van der Waals surface area contributed by atoms with Crippen LogP contribution in [-0.2, 0) is 14.8 Å². The zero-order chi connectivity index (χ0) is 22.2. The minimum absolute atomic E-state index is 0.0125. The summed E-state index contributed by atoms with van der Waals surface area (Å²) in [5.74, 6) is -1.94. The Morgan fingerprint density at radius 1 is 1.10 bits per heavy atom. The Labute approximate surface area is 179 Å². The minimum atomic E-state index is -3.85. The molecule has 9 heteroatoms. The van der Waals surface area contributed by atoms with Gasteiger partial charge in [0.2, 0.25) is 15.9 Å². The summed E-state index contributed by atoms with van der Waals surface area (Å²) in [5, 5.41) is 0.592. The van der Waals surface area contributed by atoms with Crippen LogP contribution in [0.15, 0.2) is 59.6 Å². The highest BCUT2D eigenvalue weighted by Gasteiger charge is 2.34. The molecule has 0 radical (unpaired) electrons. The monoisotopic (exact) mass is 444 g/mol. The molecule has 31 heavy (non-hydrogen) atoms. The predicted molar refractivity (Wildman–Crippen MR) is 112 cm³/mol. The minimum Gasteiger partial charge on any atom is -0.465 e. The van der Waals surface area contributed by atoms with Gasteiger partial charge in [-0.1, -0.05) is 18.2 Å². The second-order valence-corrected chi connectivity index (χ2v) is 9.35. The van der Waals surface area contributed by atoms with Gasteiger partial charge in [0.1, 0.15) is 5.82 Å². The smallest absolute Gasteiger partial charge is 0.340 e. The van der Waals surface area contributed by atoms with Gasteiger partial charge in [-0.3, -0.25) is 9.36 Å². The van der Waals surface area contributed by atoms with Crippen LogP contribution in [0.1, 0.15) is 28.0 Å². The molecule has 0 N–H and O–H groups in total. The summed E-state index contributed by atoms with van der Waals surface area (Å²) in [4.78, 5) is 25.5. The van der Waals surface area contributed by atoms with Crippen molar-refractivity contribution in [2.75, 3.05) is 20.2 Å². The van der Waals surface area contributed by atoms with Crippen molar-refractivity contribution >= 4 is 32.8 Å². The number of aromatic nitrogens is 1. The van der Waals surface area contributed by atoms with Crippen LogP contribution in [0.5, 0.6) is 0 Å². The number of piperidine rings is 1. The first kappa shape index (κ1) is 21.2. The molecule has 4 rings (SSSR count). The van der Waals surface area contributed by atoms with Crippen LogP contribution in [0.3, 0.4) is 0 Å². The third-order valence-corrected chi connectivity index (χ3v) is 7.42. The van der Waals surface area contributed by atoms with Crippen LogP contribution in [0, 0.1) is 11.7 Å². The van der Waals surface area contributed by atoms with Gasteiger partial charge in [0.15, 0.2) is 0 Å². The van der Waals surface area contributed by atoms with Crippen molar-refractivity contribution in [1.29, 1.82) is 0 Å². The van der Waals surface area contributed by atoms with Gasteiger partial charge in [-0.2, -0.15) is 4.31 Å². The number of benzene rings is 2. The number of esters is 1. The maximum Gasteiger partial charge on any atom is 0.340 e. The number of halogens is 1. The predicted octanol–water partition coefficient (Wildman–Crippen LogP) is 3.31. The van der Waals surface area contributed by atoms with Gasteiger partial charge in [0.05, 0.1) is 29.0 Å². The van der Waals surface area contributed by atoms with Crippen molar-refractivity contribution in [3.05, 3.63) is 66.1 Å². The first-order chi connectivity index (χ1) is 14.8. The molecule has 1 aromatic heterocycles. The fraction of sp³-hybridized carbons (Fsp3) is 0.273. The molecule has 1 fully saturated rings. The van der Waals surface area contributed by atoms with E-state index in [4.69, 9.17) is 4.74 Å². The molecule has 7 nitrogen and oxygen atoms in total. The van der Waals surface area contributed by atoms with Gasteiger partial charge in [-0.25, -0.2) is 17.6 Å². The molecule has 1 aliphatic heterocycles. The zero-order valence-electron chi connectivity index (χ0n) is 16.8. The van der Waals surface area contributed by atoms with Gasteiger partial charge in [-0.15, -0.1) is 0 Å². The quantitative estimate of drug-likeness (QED) is 0.577. The average Bonchev–Trinajstić information content (AvgIpc) is 3.18. The van der Waals surface area contributed by atoms with Gasteiger partial charge >= 0.3 is 5.97 Å². The molecule has 1 aliphatic rings. The number of ether oxygens (including phenoxy) is 1. The SMILES string of the molecule is COC(=O)c1cn(C(=O)[C@H]2CCCN(S(=O)(=O)c3ccc(F)cc3)C2)c2ccccc12. The highest BCUT2D eigenvalue weighted by atomic mass is 32.2. The van der Waals surface area contributed by atoms with E-state index in [2.05, 4.69) is 0 Å². The van der Waals surface area contributed by atoms with Crippen molar-refractivity contribution in [2.24, 2.45) is 5.92 Å². The Kier molecular flexibility index (Phi) is 5.63. The first-order valence-electron chi connectivity index (χ1n) is 9.81. The molecular formula is C22H21FN2O5S. The lowest BCUT2D eigenvalue weighted by Gasteiger charge is -2.31. The summed E-state index contributed by atoms with van der Waals surface area (Å²) >= 11 is 0. The van der Waals surface area contributed by atoms with Crippen molar-refractivity contribution in [2.45, 2.75) is 17.7 Å². The molecule has 0 unspecified atom stereocenters. The summed E-state index contributed by atoms with van der Waals surface area (Å²) in [5.41, 5.74) is 0.837. The number of para-hydroxylation sites is 1. The van der Waals surface area contributed by atoms with E-state index < -0.39 is 27.7 Å². The first-order valence-corrected chi connectivity index (χ1v) is 11.3. The number of sulfonamides is 1. The molecule has 0 saturated carbocycles. The number of hydrogen-bond donors (Lipinski definition) is 0. The van der Waals surface area contributed by atoms with Crippen LogP contribution >= 0.6 is 0 Å². The molecule has 0 bridgehead atoms. The van der Waals surface area contributed by atoms with Gasteiger partial charge in [0.25, 0.3) is 0 Å². The number of carbonyl (C=O) groups excluding carboxylic acids is 2. The Bertz CT molecular complexity index is 1250. The van der Waals surface area contributed by atoms with Crippen molar-refractivity contribution < 1.29 is 27.1 Å². The third kappa shape index (κ3) is 3.86. The van der Waals surface area contributed by atoms with Gasteiger partial charge < -0.3 is 4.74 Å². The van der Waals surface area contributed by atoms with Crippen LogP contribution in [0.2, 0.25) is 0 Å². The van der Waals surface area contributed by atoms with E-state index in [9.17, 15) is 22.4 Å².